The van der Waals surface area contributed by atoms with Crippen molar-refractivity contribution >= 4 is 22.9 Å². The van der Waals surface area contributed by atoms with E-state index in [1.54, 1.807) is 16.7 Å². The number of aryl methyl sites for hydroxylation is 1. The molecule has 3 rings (SSSR count). The highest BCUT2D eigenvalue weighted by Gasteiger charge is 2.14. The third-order valence-corrected chi connectivity index (χ3v) is 4.24. The summed E-state index contributed by atoms with van der Waals surface area (Å²) >= 11 is 1.71. The van der Waals surface area contributed by atoms with Crippen molar-refractivity contribution in [1.82, 2.24) is 4.98 Å². The maximum Gasteiger partial charge on any atom is 0.256 e. The molecule has 0 bridgehead atoms. The normalized spacial score (nSPS) is 17.1. The van der Waals surface area contributed by atoms with Crippen LogP contribution in [0.15, 0.2) is 27.8 Å². The Kier molecular flexibility index (Phi) is 4.06. The summed E-state index contributed by atoms with van der Waals surface area (Å²) in [5, 5.41) is 0.785. The first-order valence-electron chi connectivity index (χ1n) is 6.72. The van der Waals surface area contributed by atoms with Crippen molar-refractivity contribution in [2.45, 2.75) is 12.1 Å². The maximum absolute atomic E-state index is 5.76. The van der Waals surface area contributed by atoms with Gasteiger partial charge in [-0.3, -0.25) is 0 Å². The number of oxazole rings is 1. The average molecular weight is 279 g/mol. The molecule has 19 heavy (non-hydrogen) atoms. The van der Waals surface area contributed by atoms with E-state index in [4.69, 9.17) is 9.15 Å². The number of hydrogen-bond donors (Lipinski definition) is 1. The summed E-state index contributed by atoms with van der Waals surface area (Å²) in [5.41, 5.74) is 3.05. The molecule has 1 fully saturated rings. The van der Waals surface area contributed by atoms with E-state index < -0.39 is 0 Å². The van der Waals surface area contributed by atoms with Crippen molar-refractivity contribution in [2.24, 2.45) is 0 Å². The van der Waals surface area contributed by atoms with Crippen LogP contribution in [-0.4, -0.2) is 43.6 Å². The summed E-state index contributed by atoms with van der Waals surface area (Å²) in [6.07, 6.45) is 0. The van der Waals surface area contributed by atoms with Crippen LogP contribution in [0.5, 0.6) is 0 Å². The van der Waals surface area contributed by atoms with E-state index in [1.807, 2.05) is 12.1 Å². The summed E-state index contributed by atoms with van der Waals surface area (Å²) in [4.78, 5) is 6.12. The Morgan fingerprint density at radius 2 is 2.16 bits per heavy atom. The van der Waals surface area contributed by atoms with Crippen LogP contribution >= 0.6 is 11.8 Å². The fourth-order valence-corrected chi connectivity index (χ4v) is 3.14. The van der Waals surface area contributed by atoms with E-state index >= 15 is 0 Å². The molecule has 5 heteroatoms. The minimum absolute atomic E-state index is 0.785. The van der Waals surface area contributed by atoms with Crippen LogP contribution < -0.4 is 4.90 Å². The van der Waals surface area contributed by atoms with Crippen molar-refractivity contribution in [3.8, 4) is 0 Å². The highest BCUT2D eigenvalue weighted by atomic mass is 32.2. The van der Waals surface area contributed by atoms with Gasteiger partial charge >= 0.3 is 0 Å². The smallest absolute Gasteiger partial charge is 0.256 e. The van der Waals surface area contributed by atoms with Crippen LogP contribution in [0.1, 0.15) is 5.56 Å². The van der Waals surface area contributed by atoms with Gasteiger partial charge in [0.1, 0.15) is 18.6 Å². The van der Waals surface area contributed by atoms with Crippen molar-refractivity contribution in [2.75, 3.05) is 38.6 Å². The maximum atomic E-state index is 5.76. The SMILES string of the molecule is Cc1ccc2nc(SCC[NH+]3CCOCC3)oc2c1. The number of aromatic nitrogens is 1. The monoisotopic (exact) mass is 279 g/mol. The second-order valence-electron chi connectivity index (χ2n) is 4.91. The molecule has 0 unspecified atom stereocenters. The second kappa shape index (κ2) is 5.94. The average Bonchev–Trinajstić information content (AvgIpc) is 2.82. The first-order valence-corrected chi connectivity index (χ1v) is 7.71. The van der Waals surface area contributed by atoms with Gasteiger partial charge in [-0.15, -0.1) is 0 Å². The molecule has 1 saturated heterocycles. The zero-order valence-electron chi connectivity index (χ0n) is 11.1. The van der Waals surface area contributed by atoms with E-state index in [0.29, 0.717) is 0 Å². The van der Waals surface area contributed by atoms with Crippen LogP contribution in [0.4, 0.5) is 0 Å². The number of quaternary nitrogens is 1. The van der Waals surface area contributed by atoms with Crippen LogP contribution in [-0.2, 0) is 4.74 Å². The largest absolute Gasteiger partial charge is 0.431 e. The van der Waals surface area contributed by atoms with Crippen molar-refractivity contribution < 1.29 is 14.1 Å². The molecule has 1 aliphatic heterocycles. The molecule has 1 aromatic carbocycles. The summed E-state index contributed by atoms with van der Waals surface area (Å²) in [6.45, 7) is 7.23. The lowest BCUT2D eigenvalue weighted by molar-refractivity contribution is -0.905. The molecule has 1 aliphatic rings. The minimum atomic E-state index is 0.785. The topological polar surface area (TPSA) is 39.7 Å². The van der Waals surface area contributed by atoms with Gasteiger partial charge in [0.25, 0.3) is 5.22 Å². The molecule has 4 nitrogen and oxygen atoms in total. The lowest BCUT2D eigenvalue weighted by Crippen LogP contribution is -3.14. The van der Waals surface area contributed by atoms with E-state index in [-0.39, 0.29) is 0 Å². The molecule has 0 saturated carbocycles. The molecule has 1 N–H and O–H groups in total. The van der Waals surface area contributed by atoms with Crippen LogP contribution in [0.3, 0.4) is 0 Å². The fourth-order valence-electron chi connectivity index (χ4n) is 2.27. The Bertz CT molecular complexity index is 549. The molecular weight excluding hydrogens is 260 g/mol. The number of ether oxygens (including phenoxy) is 1. The highest BCUT2D eigenvalue weighted by Crippen LogP contribution is 2.23. The van der Waals surface area contributed by atoms with Gasteiger partial charge in [-0.2, -0.15) is 0 Å². The van der Waals surface area contributed by atoms with Gasteiger partial charge in [-0.1, -0.05) is 17.8 Å². The van der Waals surface area contributed by atoms with E-state index in [0.717, 1.165) is 54.9 Å². The third kappa shape index (κ3) is 3.29. The molecule has 2 aromatic rings. The minimum Gasteiger partial charge on any atom is -0.431 e. The Morgan fingerprint density at radius 1 is 1.32 bits per heavy atom. The Balaban J connectivity index is 1.56. The number of fused-ring (bicyclic) bond motifs is 1. The molecule has 0 atom stereocenters. The Labute approximate surface area is 117 Å². The molecular formula is C14H19N2O2S+. The predicted molar refractivity (Wildman–Crippen MR) is 75.9 cm³/mol. The molecule has 1 aromatic heterocycles. The van der Waals surface area contributed by atoms with Gasteiger partial charge in [0, 0.05) is 0 Å². The quantitative estimate of drug-likeness (QED) is 0.852. The summed E-state index contributed by atoms with van der Waals surface area (Å²) in [5.74, 6) is 1.04. The number of nitrogens with zero attached hydrogens (tertiary/aromatic N) is 1. The van der Waals surface area contributed by atoms with Crippen molar-refractivity contribution in [3.05, 3.63) is 23.8 Å². The number of nitrogens with one attached hydrogen (secondary N) is 1. The fraction of sp³-hybridized carbons (Fsp3) is 0.500. The lowest BCUT2D eigenvalue weighted by Gasteiger charge is -2.23. The van der Waals surface area contributed by atoms with Gasteiger partial charge in [-0.05, 0) is 24.6 Å². The zero-order valence-corrected chi connectivity index (χ0v) is 12.0. The summed E-state index contributed by atoms with van der Waals surface area (Å²) in [7, 11) is 0. The van der Waals surface area contributed by atoms with Gasteiger partial charge < -0.3 is 14.1 Å². The van der Waals surface area contributed by atoms with Gasteiger partial charge in [0.05, 0.1) is 25.5 Å². The first-order chi connectivity index (χ1) is 9.31. The number of rotatable bonds is 4. The number of hydrogen-bond acceptors (Lipinski definition) is 4. The van der Waals surface area contributed by atoms with Gasteiger partial charge in [0.2, 0.25) is 0 Å². The van der Waals surface area contributed by atoms with Crippen LogP contribution in [0, 0.1) is 6.92 Å². The summed E-state index contributed by atoms with van der Waals surface area (Å²) < 4.78 is 11.1. The van der Waals surface area contributed by atoms with Crippen molar-refractivity contribution in [1.29, 1.82) is 0 Å². The standard InChI is InChI=1S/C14H18N2O2S/c1-11-2-3-12-13(10-11)18-14(15-12)19-9-6-16-4-7-17-8-5-16/h2-3,10H,4-9H2,1H3/p+1. The van der Waals surface area contributed by atoms with Crippen molar-refractivity contribution in [3.63, 3.8) is 0 Å². The first kappa shape index (κ1) is 13.0. The van der Waals surface area contributed by atoms with Gasteiger partial charge in [-0.25, -0.2) is 4.98 Å². The molecule has 102 valence electrons. The Morgan fingerprint density at radius 3 is 3.00 bits per heavy atom. The van der Waals surface area contributed by atoms with E-state index in [9.17, 15) is 0 Å². The Hall–Kier alpha value is -1.04. The zero-order chi connectivity index (χ0) is 13.1. The lowest BCUT2D eigenvalue weighted by atomic mass is 10.2. The predicted octanol–water partition coefficient (Wildman–Crippen LogP) is 1.14. The molecule has 0 radical (unpaired) electrons. The summed E-state index contributed by atoms with van der Waals surface area (Å²) in [6, 6.07) is 6.13. The third-order valence-electron chi connectivity index (χ3n) is 3.41. The number of benzene rings is 1. The van der Waals surface area contributed by atoms with Gasteiger partial charge in [0.15, 0.2) is 5.58 Å². The van der Waals surface area contributed by atoms with Crippen LogP contribution in [0.25, 0.3) is 11.1 Å². The molecule has 0 amide bonds. The molecule has 2 heterocycles. The molecule has 0 spiro atoms. The number of morpholine rings is 1. The highest BCUT2D eigenvalue weighted by molar-refractivity contribution is 7.99. The van der Waals surface area contributed by atoms with E-state index in [2.05, 4.69) is 18.0 Å². The van der Waals surface area contributed by atoms with Crippen LogP contribution in [0.2, 0.25) is 0 Å². The molecule has 0 aliphatic carbocycles. The number of thioether (sulfide) groups is 1. The second-order valence-corrected chi connectivity index (χ2v) is 5.96. The van der Waals surface area contributed by atoms with E-state index in [1.165, 1.54) is 5.56 Å².